The van der Waals surface area contributed by atoms with E-state index in [1.165, 1.54) is 35.2 Å². The maximum absolute atomic E-state index is 14.8. The molecule has 0 spiro atoms. The molecule has 0 bridgehead atoms. The van der Waals surface area contributed by atoms with Crippen LogP contribution in [0.4, 0.5) is 20.6 Å². The van der Waals surface area contributed by atoms with Gasteiger partial charge >= 0.3 is 13.7 Å². The molecule has 2 aromatic rings. The highest BCUT2D eigenvalue weighted by Gasteiger charge is 2.50. The lowest BCUT2D eigenvalue weighted by Crippen LogP contribution is -2.37. The Kier molecular flexibility index (Phi) is 9.48. The smallest absolute Gasteiger partial charge is 0.414 e. The molecule has 13 nitrogen and oxygen atoms in total. The first kappa shape index (κ1) is 30.4. The lowest BCUT2D eigenvalue weighted by Gasteiger charge is -2.29. The second-order valence-electron chi connectivity index (χ2n) is 9.11. The summed E-state index contributed by atoms with van der Waals surface area (Å²) in [4.78, 5) is 43.4. The number of ether oxygens (including phenoxy) is 3. The van der Waals surface area contributed by atoms with Crippen LogP contribution in [0.1, 0.15) is 5.56 Å². The molecule has 2 aliphatic heterocycles. The summed E-state index contributed by atoms with van der Waals surface area (Å²) in [6.45, 7) is 2.44. The summed E-state index contributed by atoms with van der Waals surface area (Å²) in [5.74, 6) is -0.218. The van der Waals surface area contributed by atoms with Gasteiger partial charge in [0.25, 0.3) is 5.17 Å². The summed E-state index contributed by atoms with van der Waals surface area (Å²) >= 11 is 5.16. The molecule has 4 rings (SSSR count). The minimum atomic E-state index is -5.29. The normalized spacial score (nSPS) is 20.0. The van der Waals surface area contributed by atoms with Gasteiger partial charge in [-0.1, -0.05) is 12.1 Å². The van der Waals surface area contributed by atoms with Gasteiger partial charge in [-0.25, -0.2) is 9.18 Å². The first-order valence-corrected chi connectivity index (χ1v) is 15.4. The van der Waals surface area contributed by atoms with Crippen molar-refractivity contribution in [2.75, 3.05) is 49.2 Å². The van der Waals surface area contributed by atoms with E-state index in [-0.39, 0.29) is 29.6 Å². The quantitative estimate of drug-likeness (QED) is 0.203. The van der Waals surface area contributed by atoms with Gasteiger partial charge in [-0.2, -0.15) is 0 Å². The minimum Gasteiger partial charge on any atom is -0.442 e. The molecule has 2 fully saturated rings. The number of cyclic esters (lactones) is 1. The molecule has 3 atom stereocenters. The number of nitrogens with one attached hydrogen (secondary N) is 1. The summed E-state index contributed by atoms with van der Waals surface area (Å²) in [6.07, 6.45) is -1.99. The highest BCUT2D eigenvalue weighted by molar-refractivity contribution is 7.80. The number of amides is 1. The van der Waals surface area contributed by atoms with E-state index >= 15 is 0 Å². The van der Waals surface area contributed by atoms with E-state index in [4.69, 9.17) is 26.4 Å². The van der Waals surface area contributed by atoms with E-state index in [9.17, 15) is 38.1 Å². The molecule has 1 amide bonds. The number of carbonyl (C=O) groups is 1. The van der Waals surface area contributed by atoms with Crippen molar-refractivity contribution in [2.45, 2.75) is 17.6 Å². The molecule has 0 saturated carbocycles. The molecule has 2 aliphatic rings. The third-order valence-corrected chi connectivity index (χ3v) is 10.0. The van der Waals surface area contributed by atoms with Crippen LogP contribution in [-0.2, 0) is 25.0 Å². The molecule has 5 N–H and O–H groups in total. The number of aliphatic hydroxyl groups is 1. The van der Waals surface area contributed by atoms with Gasteiger partial charge in [-0.3, -0.25) is 14.0 Å². The fourth-order valence-electron chi connectivity index (χ4n) is 4.17. The first-order valence-electron chi connectivity index (χ1n) is 12.0. The number of carbonyl (C=O) groups excluding carboxylic acids is 1. The number of anilines is 2. The Balaban J connectivity index is 1.28. The van der Waals surface area contributed by atoms with Crippen LogP contribution >= 0.6 is 27.8 Å². The van der Waals surface area contributed by atoms with Crippen LogP contribution in [0.2, 0.25) is 0 Å². The number of benzene rings is 2. The molecule has 2 aromatic carbocycles. The SMILES string of the molecule is O=C1O[C@@H](CNC(=S)Oc2ccc(CC(O)([PH](=O)O)P(=O)(O)O)cc2)CN1c1ccc(N2CCOCC2)c(F)c1. The van der Waals surface area contributed by atoms with E-state index in [1.807, 2.05) is 4.90 Å². The Morgan fingerprint density at radius 2 is 1.90 bits per heavy atom. The lowest BCUT2D eigenvalue weighted by molar-refractivity contribution is 0.122. The van der Waals surface area contributed by atoms with E-state index in [0.717, 1.165) is 0 Å². The Morgan fingerprint density at radius 1 is 1.23 bits per heavy atom. The minimum absolute atomic E-state index is 0.0599. The van der Waals surface area contributed by atoms with Crippen LogP contribution in [0.25, 0.3) is 0 Å². The van der Waals surface area contributed by atoms with Crippen molar-refractivity contribution in [1.29, 1.82) is 0 Å². The molecular formula is C23H28FN3O10P2S. The largest absolute Gasteiger partial charge is 0.442 e. The average molecular weight is 620 g/mol. The van der Waals surface area contributed by atoms with Crippen LogP contribution < -0.4 is 19.9 Å². The van der Waals surface area contributed by atoms with Crippen LogP contribution in [-0.4, -0.2) is 81.6 Å². The monoisotopic (exact) mass is 619 g/mol. The van der Waals surface area contributed by atoms with Crippen molar-refractivity contribution in [3.63, 3.8) is 0 Å². The molecule has 40 heavy (non-hydrogen) atoms. The van der Waals surface area contributed by atoms with Gasteiger partial charge in [0.2, 0.25) is 13.1 Å². The predicted molar refractivity (Wildman–Crippen MR) is 147 cm³/mol. The van der Waals surface area contributed by atoms with E-state index in [1.54, 1.807) is 12.1 Å². The summed E-state index contributed by atoms with van der Waals surface area (Å²) in [6, 6.07) is 10.1. The Hall–Kier alpha value is -2.61. The topological polar surface area (TPSA) is 178 Å². The number of morpholine rings is 1. The van der Waals surface area contributed by atoms with Crippen LogP contribution in [0.15, 0.2) is 42.5 Å². The van der Waals surface area contributed by atoms with Gasteiger partial charge in [0.15, 0.2) is 0 Å². The van der Waals surface area contributed by atoms with E-state index in [2.05, 4.69) is 5.32 Å². The highest BCUT2D eigenvalue weighted by Crippen LogP contribution is 2.61. The van der Waals surface area contributed by atoms with Crippen molar-refractivity contribution < 1.29 is 52.3 Å². The predicted octanol–water partition coefficient (Wildman–Crippen LogP) is 1.77. The molecule has 0 aliphatic carbocycles. The van der Waals surface area contributed by atoms with Crippen molar-refractivity contribution in [3.05, 3.63) is 53.8 Å². The summed E-state index contributed by atoms with van der Waals surface area (Å²) in [5.41, 5.74) is 0.977. The maximum atomic E-state index is 14.8. The molecular weight excluding hydrogens is 591 g/mol. The van der Waals surface area contributed by atoms with Crippen molar-refractivity contribution in [3.8, 4) is 5.75 Å². The molecule has 218 valence electrons. The van der Waals surface area contributed by atoms with E-state index < -0.39 is 45.1 Å². The van der Waals surface area contributed by atoms with E-state index in [0.29, 0.717) is 37.7 Å². The number of thiocarbonyl (C=S) groups is 1. The molecule has 2 heterocycles. The van der Waals surface area contributed by atoms with Gasteiger partial charge in [0.1, 0.15) is 17.7 Å². The maximum Gasteiger partial charge on any atom is 0.414 e. The van der Waals surface area contributed by atoms with Gasteiger partial charge in [-0.15, -0.1) is 0 Å². The standard InChI is InChI=1S/C23H28FN3O10P2S/c24-19-11-16(3-6-20(19)26-7-9-35-10-8-26)27-14-18(37-22(27)28)13-25-21(40)36-17-4-1-15(2-5-17)12-23(29,38(30)31)39(32,33)34/h1-6,11,18,29,38H,7-10,12-14H2,(H,25,40)(H,30,31)(H2,32,33,34)/t18-,23?/m0/s1. The Labute approximate surface area is 234 Å². The van der Waals surface area contributed by atoms with Crippen LogP contribution in [0.3, 0.4) is 0 Å². The van der Waals surface area contributed by atoms with Crippen molar-refractivity contribution in [1.82, 2.24) is 5.32 Å². The number of nitrogens with zero attached hydrogens (tertiary/aromatic N) is 2. The summed E-state index contributed by atoms with van der Waals surface area (Å²) < 4.78 is 53.8. The second-order valence-corrected chi connectivity index (χ2v) is 13.2. The van der Waals surface area contributed by atoms with Crippen molar-refractivity contribution in [2.24, 2.45) is 0 Å². The van der Waals surface area contributed by atoms with Crippen molar-refractivity contribution >= 4 is 50.5 Å². The van der Waals surface area contributed by atoms with Crippen LogP contribution in [0.5, 0.6) is 5.75 Å². The Bertz CT molecular complexity index is 1320. The summed E-state index contributed by atoms with van der Waals surface area (Å²) in [5, 5.41) is 9.72. The molecule has 2 unspecified atom stereocenters. The Morgan fingerprint density at radius 3 is 2.50 bits per heavy atom. The summed E-state index contributed by atoms with van der Waals surface area (Å²) in [7, 11) is -9.28. The van der Waals surface area contributed by atoms with Gasteiger partial charge in [0.05, 0.1) is 37.7 Å². The number of halogens is 1. The third kappa shape index (κ3) is 6.99. The average Bonchev–Trinajstić information content (AvgIpc) is 3.28. The molecule has 2 saturated heterocycles. The highest BCUT2D eigenvalue weighted by atomic mass is 32.1. The molecule has 0 aromatic heterocycles. The number of hydrogen-bond donors (Lipinski definition) is 5. The number of hydrogen-bond acceptors (Lipinski definition) is 9. The van der Waals surface area contributed by atoms with Gasteiger partial charge in [0, 0.05) is 19.5 Å². The number of rotatable bonds is 9. The molecule has 17 heteroatoms. The second kappa shape index (κ2) is 12.5. The third-order valence-electron chi connectivity index (χ3n) is 6.35. The zero-order valence-corrected chi connectivity index (χ0v) is 23.6. The first-order chi connectivity index (χ1) is 18.9. The fraction of sp³-hybridized carbons (Fsp3) is 0.391. The van der Waals surface area contributed by atoms with Gasteiger partial charge < -0.3 is 44.2 Å². The molecule has 0 radical (unpaired) electrons. The fourth-order valence-corrected chi connectivity index (χ4v) is 6.09. The van der Waals surface area contributed by atoms with Gasteiger partial charge in [-0.05, 0) is 48.1 Å². The zero-order chi connectivity index (χ0) is 29.1. The van der Waals surface area contributed by atoms with Crippen LogP contribution in [0, 0.1) is 5.82 Å². The zero-order valence-electron chi connectivity index (χ0n) is 20.9. The lowest BCUT2D eigenvalue weighted by atomic mass is 10.1.